The van der Waals surface area contributed by atoms with Crippen LogP contribution in [0.5, 0.6) is 0 Å². The van der Waals surface area contributed by atoms with E-state index >= 15 is 0 Å². The molecule has 2 aromatic rings. The number of nitrogens with zero attached hydrogens (tertiary/aromatic N) is 1. The minimum atomic E-state index is -3.40. The van der Waals surface area contributed by atoms with Crippen LogP contribution in [0.2, 0.25) is 0 Å². The van der Waals surface area contributed by atoms with Gasteiger partial charge in [0.1, 0.15) is 0 Å². The van der Waals surface area contributed by atoms with Crippen LogP contribution in [0.25, 0.3) is 0 Å². The van der Waals surface area contributed by atoms with Gasteiger partial charge in [0.25, 0.3) is 0 Å². The zero-order chi connectivity index (χ0) is 18.2. The number of carbonyl (C=O) groups excluding carboxylic acids is 2. The first-order chi connectivity index (χ1) is 11.8. The van der Waals surface area contributed by atoms with Crippen LogP contribution in [0.15, 0.2) is 53.4 Å². The highest BCUT2D eigenvalue weighted by Crippen LogP contribution is 2.36. The molecule has 1 aliphatic heterocycles. The van der Waals surface area contributed by atoms with Gasteiger partial charge in [0.05, 0.1) is 23.1 Å². The summed E-state index contributed by atoms with van der Waals surface area (Å²) in [5.41, 5.74) is 6.79. The highest BCUT2D eigenvalue weighted by molar-refractivity contribution is 7.91. The molecule has 1 atom stereocenters. The summed E-state index contributed by atoms with van der Waals surface area (Å²) in [6, 6.07) is 12.8. The Morgan fingerprint density at radius 3 is 2.48 bits per heavy atom. The number of carbonyl (C=O) groups is 2. The van der Waals surface area contributed by atoms with E-state index in [2.05, 4.69) is 0 Å². The summed E-state index contributed by atoms with van der Waals surface area (Å²) in [4.78, 5) is 25.9. The maximum Gasteiger partial charge on any atom is 0.248 e. The van der Waals surface area contributed by atoms with Crippen molar-refractivity contribution in [3.8, 4) is 0 Å². The Morgan fingerprint density at radius 1 is 1.12 bits per heavy atom. The third-order valence-electron chi connectivity index (χ3n) is 4.48. The fraction of sp³-hybridized carbons (Fsp3) is 0.222. The summed E-state index contributed by atoms with van der Waals surface area (Å²) in [7, 11) is -1.81. The molecule has 6 nitrogen and oxygen atoms in total. The zero-order valence-electron chi connectivity index (χ0n) is 13.7. The number of sulfone groups is 1. The molecule has 1 heterocycles. The van der Waals surface area contributed by atoms with E-state index in [-0.39, 0.29) is 23.0 Å². The molecule has 2 aromatic carbocycles. The SMILES string of the molecule is CN(C(=O)Cc1ccccc1C(N)=O)C1CS(=O)(=O)c2ccccc21. The van der Waals surface area contributed by atoms with Crippen LogP contribution in [0.4, 0.5) is 0 Å². The van der Waals surface area contributed by atoms with Crippen LogP contribution in [-0.2, 0) is 21.1 Å². The van der Waals surface area contributed by atoms with Crippen LogP contribution in [0.1, 0.15) is 27.5 Å². The predicted molar refractivity (Wildman–Crippen MR) is 92.7 cm³/mol. The topological polar surface area (TPSA) is 97.5 Å². The average Bonchev–Trinajstić information content (AvgIpc) is 2.86. The molecule has 3 rings (SSSR count). The third-order valence-corrected chi connectivity index (χ3v) is 6.27. The minimum absolute atomic E-state index is 0.0195. The molecule has 1 aliphatic rings. The van der Waals surface area contributed by atoms with Gasteiger partial charge in [0.2, 0.25) is 11.8 Å². The van der Waals surface area contributed by atoms with Crippen molar-refractivity contribution in [3.63, 3.8) is 0 Å². The van der Waals surface area contributed by atoms with Gasteiger partial charge < -0.3 is 10.6 Å². The number of primary amides is 1. The second kappa shape index (κ2) is 6.33. The summed E-state index contributed by atoms with van der Waals surface area (Å²) in [5.74, 6) is -1.00. The lowest BCUT2D eigenvalue weighted by molar-refractivity contribution is -0.131. The lowest BCUT2D eigenvalue weighted by Crippen LogP contribution is -2.33. The fourth-order valence-electron chi connectivity index (χ4n) is 3.12. The van der Waals surface area contributed by atoms with Crippen molar-refractivity contribution in [1.29, 1.82) is 0 Å². The molecule has 0 fully saturated rings. The van der Waals surface area contributed by atoms with Crippen LogP contribution in [-0.4, -0.2) is 37.9 Å². The van der Waals surface area contributed by atoms with Gasteiger partial charge in [0, 0.05) is 12.6 Å². The van der Waals surface area contributed by atoms with Gasteiger partial charge in [-0.25, -0.2) is 8.42 Å². The van der Waals surface area contributed by atoms with Crippen molar-refractivity contribution in [2.75, 3.05) is 12.8 Å². The summed E-state index contributed by atoms with van der Waals surface area (Å²) >= 11 is 0. The molecular weight excluding hydrogens is 340 g/mol. The Hall–Kier alpha value is -2.67. The quantitative estimate of drug-likeness (QED) is 0.891. The Labute approximate surface area is 146 Å². The molecule has 2 amide bonds. The lowest BCUT2D eigenvalue weighted by atomic mass is 10.0. The second-order valence-corrected chi connectivity index (χ2v) is 8.04. The van der Waals surface area contributed by atoms with Crippen molar-refractivity contribution < 1.29 is 18.0 Å². The van der Waals surface area contributed by atoms with E-state index in [1.165, 1.54) is 4.90 Å². The van der Waals surface area contributed by atoms with E-state index in [1.807, 2.05) is 0 Å². The van der Waals surface area contributed by atoms with Crippen molar-refractivity contribution in [2.24, 2.45) is 5.73 Å². The van der Waals surface area contributed by atoms with E-state index in [9.17, 15) is 18.0 Å². The molecule has 25 heavy (non-hydrogen) atoms. The Kier molecular flexibility index (Phi) is 4.34. The Balaban J connectivity index is 1.87. The Morgan fingerprint density at radius 2 is 1.76 bits per heavy atom. The second-order valence-electron chi connectivity index (χ2n) is 6.04. The zero-order valence-corrected chi connectivity index (χ0v) is 14.5. The molecule has 0 aromatic heterocycles. The highest BCUT2D eigenvalue weighted by atomic mass is 32.2. The molecule has 0 aliphatic carbocycles. The van der Waals surface area contributed by atoms with Crippen molar-refractivity contribution in [1.82, 2.24) is 4.90 Å². The highest BCUT2D eigenvalue weighted by Gasteiger charge is 2.38. The monoisotopic (exact) mass is 358 g/mol. The van der Waals surface area contributed by atoms with E-state index < -0.39 is 21.8 Å². The molecule has 2 N–H and O–H groups in total. The molecule has 0 saturated carbocycles. The molecule has 0 radical (unpaired) electrons. The van der Waals surface area contributed by atoms with Crippen LogP contribution in [0, 0.1) is 0 Å². The number of benzene rings is 2. The molecule has 7 heteroatoms. The summed E-state index contributed by atoms with van der Waals surface area (Å²) in [6.45, 7) is 0. The molecule has 0 saturated heterocycles. The van der Waals surface area contributed by atoms with Gasteiger partial charge >= 0.3 is 0 Å². The van der Waals surface area contributed by atoms with E-state index in [0.29, 0.717) is 16.7 Å². The average molecular weight is 358 g/mol. The summed E-state index contributed by atoms with van der Waals surface area (Å²) in [5, 5.41) is 0. The molecule has 0 bridgehead atoms. The standard InChI is InChI=1S/C18H18N2O4S/c1-20(15-11-25(23,24)16-9-5-4-8-14(15)16)17(21)10-12-6-2-3-7-13(12)18(19)22/h2-9,15H,10-11H2,1H3,(H2,19,22). The number of hydrogen-bond acceptors (Lipinski definition) is 4. The maximum absolute atomic E-state index is 12.7. The van der Waals surface area contributed by atoms with Crippen LogP contribution >= 0.6 is 0 Å². The van der Waals surface area contributed by atoms with Crippen molar-refractivity contribution >= 4 is 21.7 Å². The van der Waals surface area contributed by atoms with Crippen molar-refractivity contribution in [3.05, 3.63) is 65.2 Å². The van der Waals surface area contributed by atoms with Gasteiger partial charge in [-0.15, -0.1) is 0 Å². The molecule has 1 unspecified atom stereocenters. The number of fused-ring (bicyclic) bond motifs is 1. The fourth-order valence-corrected chi connectivity index (χ4v) is 4.97. The summed E-state index contributed by atoms with van der Waals surface area (Å²) in [6.07, 6.45) is -0.0195. The Bertz CT molecular complexity index is 953. The van der Waals surface area contributed by atoms with E-state index in [4.69, 9.17) is 5.73 Å². The number of likely N-dealkylation sites (N-methyl/N-ethyl adjacent to an activating group) is 1. The van der Waals surface area contributed by atoms with Gasteiger partial charge in [-0.2, -0.15) is 0 Å². The molecule has 130 valence electrons. The van der Waals surface area contributed by atoms with Gasteiger partial charge in [-0.05, 0) is 23.3 Å². The van der Waals surface area contributed by atoms with Crippen LogP contribution in [0.3, 0.4) is 0 Å². The number of nitrogens with two attached hydrogens (primary N) is 1. The normalized spacial score (nSPS) is 17.7. The number of rotatable bonds is 4. The molecule has 0 spiro atoms. The third kappa shape index (κ3) is 3.15. The first-order valence-electron chi connectivity index (χ1n) is 7.76. The smallest absolute Gasteiger partial charge is 0.248 e. The predicted octanol–water partition coefficient (Wildman–Crippen LogP) is 1.31. The largest absolute Gasteiger partial charge is 0.366 e. The summed E-state index contributed by atoms with van der Waals surface area (Å²) < 4.78 is 24.6. The number of amides is 2. The van der Waals surface area contributed by atoms with Gasteiger partial charge in [-0.3, -0.25) is 9.59 Å². The first kappa shape index (κ1) is 17.2. The van der Waals surface area contributed by atoms with Gasteiger partial charge in [0.15, 0.2) is 9.84 Å². The number of hydrogen-bond donors (Lipinski definition) is 1. The molecular formula is C18H18N2O4S. The van der Waals surface area contributed by atoms with Crippen LogP contribution < -0.4 is 5.73 Å². The van der Waals surface area contributed by atoms with Gasteiger partial charge in [-0.1, -0.05) is 36.4 Å². The van der Waals surface area contributed by atoms with E-state index in [1.54, 1.807) is 55.6 Å². The minimum Gasteiger partial charge on any atom is -0.366 e. The maximum atomic E-state index is 12.7. The first-order valence-corrected chi connectivity index (χ1v) is 9.41. The van der Waals surface area contributed by atoms with E-state index in [0.717, 1.165) is 0 Å². The van der Waals surface area contributed by atoms with Crippen molar-refractivity contribution in [2.45, 2.75) is 17.4 Å². The lowest BCUT2D eigenvalue weighted by Gasteiger charge is -2.25.